The number of carbonyl (C=O) groups is 2. The molecule has 3 amide bonds. The number of nitrogens with two attached hydrogens (primary N) is 1. The maximum absolute atomic E-state index is 14.7. The summed E-state index contributed by atoms with van der Waals surface area (Å²) in [5, 5.41) is 4.84. The van der Waals surface area contributed by atoms with Crippen LogP contribution in [0.1, 0.15) is 26.2 Å². The molecule has 4 rings (SSSR count). The minimum atomic E-state index is -3.12. The summed E-state index contributed by atoms with van der Waals surface area (Å²) in [4.78, 5) is 41.9. The van der Waals surface area contributed by atoms with Crippen molar-refractivity contribution in [3.8, 4) is 5.88 Å². The Morgan fingerprint density at radius 3 is 2.56 bits per heavy atom. The van der Waals surface area contributed by atoms with Crippen LogP contribution in [0.25, 0.3) is 0 Å². The molecule has 0 spiro atoms. The summed E-state index contributed by atoms with van der Waals surface area (Å²) in [5.41, 5.74) is 4.50. The number of hydrogen-bond acceptors (Lipinski definition) is 11. The van der Waals surface area contributed by atoms with Crippen LogP contribution in [0.2, 0.25) is 0 Å². The van der Waals surface area contributed by atoms with Crippen LogP contribution in [-0.4, -0.2) is 109 Å². The number of alkyl halides is 2. The number of urea groups is 1. The topological polar surface area (TPSA) is 170 Å². The second-order valence-corrected chi connectivity index (χ2v) is 8.74. The van der Waals surface area contributed by atoms with Crippen molar-refractivity contribution in [2.45, 2.75) is 44.3 Å². The van der Waals surface area contributed by atoms with E-state index in [1.165, 1.54) is 38.8 Å². The standard InChI is InChI=1S/C18H22F2N8O3.C6H12O2.CH5N/c1-3-31-15-9-22-14(8-23-15)26-17(30)27(2)12-10-28(7-5-18(12,19)20)16-21-6-4-13(25-16)24-11-29;1-7-6-2-4-8-5-3-6;1-2/h4,6,8-9,11-12H,3,5,7,10H2,1-2H3,(H,22,26,30)(H,21,24,25,29);6H,2-5H2,1H3;2H2,1H3. The average Bonchev–Trinajstić information content (AvgIpc) is 3.00. The van der Waals surface area contributed by atoms with Gasteiger partial charge in [-0.3, -0.25) is 10.1 Å². The lowest BCUT2D eigenvalue weighted by Gasteiger charge is -2.42. The third kappa shape index (κ3) is 10.3. The average molecular weight is 584 g/mol. The molecular weight excluding hydrogens is 544 g/mol. The van der Waals surface area contributed by atoms with Crippen LogP contribution < -0.4 is 26.0 Å². The molecule has 0 saturated carbocycles. The number of piperidine rings is 1. The SMILES string of the molecule is CCOc1cnc(NC(=O)N(C)C2CN(c3nccc(NC=O)n3)CCC2(F)F)cn1.CN.COC1CCOCC1. The Bertz CT molecular complexity index is 1060. The number of nitrogens with zero attached hydrogens (tertiary/aromatic N) is 6. The second kappa shape index (κ2) is 17.1. The van der Waals surface area contributed by atoms with Crippen LogP contribution in [0.4, 0.5) is 31.2 Å². The number of ether oxygens (including phenoxy) is 3. The molecule has 2 saturated heterocycles. The van der Waals surface area contributed by atoms with E-state index in [1.807, 2.05) is 0 Å². The Morgan fingerprint density at radius 2 is 1.98 bits per heavy atom. The Balaban J connectivity index is 0.000000500. The summed E-state index contributed by atoms with van der Waals surface area (Å²) < 4.78 is 44.7. The maximum atomic E-state index is 14.7. The summed E-state index contributed by atoms with van der Waals surface area (Å²) in [5.74, 6) is -2.30. The lowest BCUT2D eigenvalue weighted by Crippen LogP contribution is -2.60. The lowest BCUT2D eigenvalue weighted by atomic mass is 10.00. The van der Waals surface area contributed by atoms with Gasteiger partial charge in [0.05, 0.1) is 25.1 Å². The fourth-order valence-corrected chi connectivity index (χ4v) is 3.97. The lowest BCUT2D eigenvalue weighted by molar-refractivity contribution is -0.105. The molecule has 2 aliphatic heterocycles. The largest absolute Gasteiger partial charge is 0.477 e. The fourth-order valence-electron chi connectivity index (χ4n) is 3.97. The zero-order valence-electron chi connectivity index (χ0n) is 23.8. The minimum Gasteiger partial charge on any atom is -0.477 e. The van der Waals surface area contributed by atoms with Crippen molar-refractivity contribution in [1.82, 2.24) is 24.8 Å². The number of rotatable bonds is 8. The molecule has 228 valence electrons. The van der Waals surface area contributed by atoms with Crippen molar-refractivity contribution < 1.29 is 32.6 Å². The summed E-state index contributed by atoms with van der Waals surface area (Å²) in [6, 6.07) is -0.726. The van der Waals surface area contributed by atoms with Gasteiger partial charge < -0.3 is 35.1 Å². The molecule has 0 radical (unpaired) electrons. The van der Waals surface area contributed by atoms with Gasteiger partial charge in [-0.15, -0.1) is 0 Å². The van der Waals surface area contributed by atoms with E-state index >= 15 is 0 Å². The monoisotopic (exact) mass is 583 g/mol. The van der Waals surface area contributed by atoms with Gasteiger partial charge in [0, 0.05) is 53.1 Å². The first-order chi connectivity index (χ1) is 19.8. The molecule has 2 fully saturated rings. The molecule has 0 aromatic carbocycles. The Labute approximate surface area is 238 Å². The number of nitrogens with one attached hydrogen (secondary N) is 2. The highest BCUT2D eigenvalue weighted by atomic mass is 19.3. The number of halogens is 2. The van der Waals surface area contributed by atoms with E-state index in [0.717, 1.165) is 31.0 Å². The molecule has 2 aromatic heterocycles. The zero-order valence-corrected chi connectivity index (χ0v) is 23.8. The van der Waals surface area contributed by atoms with Gasteiger partial charge in [-0.1, -0.05) is 0 Å². The van der Waals surface area contributed by atoms with Gasteiger partial charge in [-0.2, -0.15) is 4.98 Å². The first kappa shape index (κ1) is 33.4. The summed E-state index contributed by atoms with van der Waals surface area (Å²) in [6.07, 6.45) is 6.58. The van der Waals surface area contributed by atoms with Gasteiger partial charge in [0.25, 0.3) is 5.92 Å². The number of hydrogen-bond donors (Lipinski definition) is 3. The van der Waals surface area contributed by atoms with Crippen molar-refractivity contribution >= 4 is 30.0 Å². The van der Waals surface area contributed by atoms with Crippen LogP contribution in [0.3, 0.4) is 0 Å². The molecule has 2 aromatic rings. The number of carbonyl (C=O) groups excluding carboxylic acids is 2. The smallest absolute Gasteiger partial charge is 0.323 e. The molecule has 41 heavy (non-hydrogen) atoms. The van der Waals surface area contributed by atoms with E-state index in [9.17, 15) is 18.4 Å². The van der Waals surface area contributed by atoms with E-state index in [2.05, 4.69) is 36.3 Å². The maximum Gasteiger partial charge on any atom is 0.323 e. The quantitative estimate of drug-likeness (QED) is 0.389. The third-order valence-electron chi connectivity index (χ3n) is 6.17. The number of aromatic nitrogens is 4. The van der Waals surface area contributed by atoms with Crippen LogP contribution in [0.5, 0.6) is 5.88 Å². The Morgan fingerprint density at radius 1 is 1.24 bits per heavy atom. The van der Waals surface area contributed by atoms with Crippen molar-refractivity contribution in [2.75, 3.05) is 69.6 Å². The number of amides is 3. The molecule has 4 N–H and O–H groups in total. The third-order valence-corrected chi connectivity index (χ3v) is 6.17. The number of likely N-dealkylation sites (N-methyl/N-ethyl adjacent to an activating group) is 1. The predicted molar refractivity (Wildman–Crippen MR) is 148 cm³/mol. The van der Waals surface area contributed by atoms with Crippen molar-refractivity contribution in [3.63, 3.8) is 0 Å². The molecule has 1 unspecified atom stereocenters. The summed E-state index contributed by atoms with van der Waals surface area (Å²) >= 11 is 0. The highest BCUT2D eigenvalue weighted by molar-refractivity contribution is 5.88. The van der Waals surface area contributed by atoms with Crippen LogP contribution >= 0.6 is 0 Å². The molecule has 14 nitrogen and oxygen atoms in total. The summed E-state index contributed by atoms with van der Waals surface area (Å²) in [7, 11) is 4.54. The molecule has 4 heterocycles. The zero-order chi connectivity index (χ0) is 30.3. The van der Waals surface area contributed by atoms with E-state index in [4.69, 9.17) is 14.2 Å². The van der Waals surface area contributed by atoms with Gasteiger partial charge >= 0.3 is 6.03 Å². The Kier molecular flexibility index (Phi) is 14.0. The van der Waals surface area contributed by atoms with Crippen molar-refractivity contribution in [1.29, 1.82) is 0 Å². The molecule has 1 atom stereocenters. The van der Waals surface area contributed by atoms with E-state index in [0.29, 0.717) is 19.1 Å². The van der Waals surface area contributed by atoms with Crippen molar-refractivity contribution in [2.24, 2.45) is 5.73 Å². The van der Waals surface area contributed by atoms with Gasteiger partial charge in [0.2, 0.25) is 18.2 Å². The van der Waals surface area contributed by atoms with Gasteiger partial charge in [-0.25, -0.2) is 28.5 Å². The molecular formula is C25H39F2N9O5. The summed E-state index contributed by atoms with van der Waals surface area (Å²) in [6.45, 7) is 3.75. The van der Waals surface area contributed by atoms with E-state index in [1.54, 1.807) is 18.9 Å². The first-order valence-electron chi connectivity index (χ1n) is 13.1. The second-order valence-electron chi connectivity index (χ2n) is 8.74. The van der Waals surface area contributed by atoms with Gasteiger partial charge in [0.1, 0.15) is 11.9 Å². The molecule has 0 aliphatic carbocycles. The molecule has 0 bridgehead atoms. The highest BCUT2D eigenvalue weighted by Gasteiger charge is 2.48. The molecule has 16 heteroatoms. The molecule has 2 aliphatic rings. The highest BCUT2D eigenvalue weighted by Crippen LogP contribution is 2.33. The van der Waals surface area contributed by atoms with Crippen LogP contribution in [0, 0.1) is 0 Å². The van der Waals surface area contributed by atoms with Crippen LogP contribution in [-0.2, 0) is 14.3 Å². The minimum absolute atomic E-state index is 0.00608. The fraction of sp³-hybridized carbons (Fsp3) is 0.600. The normalized spacial score (nSPS) is 18.0. The number of anilines is 3. The number of methoxy groups -OCH3 is 1. The van der Waals surface area contributed by atoms with E-state index in [-0.39, 0.29) is 36.6 Å². The predicted octanol–water partition coefficient (Wildman–Crippen LogP) is 2.00. The van der Waals surface area contributed by atoms with Crippen LogP contribution in [0.15, 0.2) is 24.7 Å². The van der Waals surface area contributed by atoms with Gasteiger partial charge in [0.15, 0.2) is 5.82 Å². The first-order valence-corrected chi connectivity index (χ1v) is 13.1. The van der Waals surface area contributed by atoms with Crippen molar-refractivity contribution in [3.05, 3.63) is 24.7 Å². The Hall–Kier alpha value is -3.76. The van der Waals surface area contributed by atoms with E-state index < -0.39 is 24.4 Å². The van der Waals surface area contributed by atoms with Gasteiger partial charge in [-0.05, 0) is 32.9 Å².